The van der Waals surface area contributed by atoms with Gasteiger partial charge in [0.2, 0.25) is 0 Å². The van der Waals surface area contributed by atoms with Crippen molar-refractivity contribution < 1.29 is 0 Å². The molecular weight excluding hydrogens is 454 g/mol. The second kappa shape index (κ2) is 9.87. The van der Waals surface area contributed by atoms with Crippen molar-refractivity contribution in [2.24, 2.45) is 0 Å². The minimum atomic E-state index is 1.03. The molecule has 6 rings (SSSR count). The molecule has 0 N–H and O–H groups in total. The third kappa shape index (κ3) is 4.00. The lowest BCUT2D eigenvalue weighted by Crippen LogP contribution is -2.22. The van der Waals surface area contributed by atoms with Gasteiger partial charge in [0.1, 0.15) is 0 Å². The molecule has 1 nitrogen and oxygen atoms in total. The van der Waals surface area contributed by atoms with Crippen molar-refractivity contribution in [3.05, 3.63) is 103 Å². The topological polar surface area (TPSA) is 3.24 Å². The fraction of sp³-hybridized carbons (Fsp3) is 0.176. The van der Waals surface area contributed by atoms with E-state index in [1.807, 2.05) is 17.8 Å². The molecule has 0 bridgehead atoms. The number of unbranched alkanes of at least 4 members (excludes halogenated alkanes) is 3. The summed E-state index contributed by atoms with van der Waals surface area (Å²) in [6, 6.07) is 33.4. The van der Waals surface area contributed by atoms with Crippen LogP contribution in [0, 0.1) is 0 Å². The van der Waals surface area contributed by atoms with E-state index in [-0.39, 0.29) is 0 Å². The minimum absolute atomic E-state index is 1.03. The lowest BCUT2D eigenvalue weighted by atomic mass is 9.91. The summed E-state index contributed by atoms with van der Waals surface area (Å²) in [5.74, 6) is 0. The molecule has 0 saturated heterocycles. The number of hydrogen-bond donors (Lipinski definition) is 0. The molecule has 36 heavy (non-hydrogen) atoms. The maximum absolute atomic E-state index is 4.27. The van der Waals surface area contributed by atoms with Crippen LogP contribution in [0.3, 0.4) is 0 Å². The average Bonchev–Trinajstić information content (AvgIpc) is 2.92. The first-order chi connectivity index (χ1) is 17.8. The van der Waals surface area contributed by atoms with Gasteiger partial charge in [0.25, 0.3) is 0 Å². The molecule has 0 saturated carbocycles. The van der Waals surface area contributed by atoms with Gasteiger partial charge >= 0.3 is 0 Å². The molecule has 5 aromatic rings. The zero-order valence-corrected chi connectivity index (χ0v) is 21.7. The highest BCUT2D eigenvalue weighted by Gasteiger charge is 2.26. The third-order valence-corrected chi connectivity index (χ3v) is 8.42. The number of anilines is 2. The summed E-state index contributed by atoms with van der Waals surface area (Å²) in [6.07, 6.45) is 7.04. The first-order valence-corrected chi connectivity index (χ1v) is 13.9. The van der Waals surface area contributed by atoms with Crippen LogP contribution in [0.15, 0.2) is 107 Å². The summed E-state index contributed by atoms with van der Waals surface area (Å²) in [5, 5.41) is 5.06. The maximum atomic E-state index is 4.27. The highest BCUT2D eigenvalue weighted by atomic mass is 32.2. The van der Waals surface area contributed by atoms with Crippen LogP contribution >= 0.6 is 11.8 Å². The Morgan fingerprint density at radius 1 is 0.722 bits per heavy atom. The Morgan fingerprint density at radius 3 is 2.33 bits per heavy atom. The molecule has 0 atom stereocenters. The molecule has 2 heteroatoms. The van der Waals surface area contributed by atoms with Gasteiger partial charge in [0, 0.05) is 21.9 Å². The van der Waals surface area contributed by atoms with Gasteiger partial charge in [-0.15, -0.1) is 0 Å². The second-order valence-corrected chi connectivity index (χ2v) is 10.7. The van der Waals surface area contributed by atoms with Gasteiger partial charge in [-0.25, -0.2) is 0 Å². The summed E-state index contributed by atoms with van der Waals surface area (Å²) in [5.41, 5.74) is 6.41. The van der Waals surface area contributed by atoms with E-state index >= 15 is 0 Å². The van der Waals surface area contributed by atoms with Crippen molar-refractivity contribution in [1.82, 2.24) is 0 Å². The summed E-state index contributed by atoms with van der Waals surface area (Å²) in [7, 11) is 0. The maximum Gasteiger partial charge on any atom is 0.0632 e. The second-order valence-electron chi connectivity index (χ2n) is 9.59. The van der Waals surface area contributed by atoms with E-state index in [4.69, 9.17) is 0 Å². The Labute approximate surface area is 218 Å². The zero-order chi connectivity index (χ0) is 24.5. The fourth-order valence-corrected chi connectivity index (χ4v) is 6.66. The monoisotopic (exact) mass is 485 g/mol. The lowest BCUT2D eigenvalue weighted by molar-refractivity contribution is 0.666. The summed E-state index contributed by atoms with van der Waals surface area (Å²) in [6.45, 7) is 7.57. The van der Waals surface area contributed by atoms with Crippen LogP contribution in [0.25, 0.3) is 38.7 Å². The predicted molar refractivity (Wildman–Crippen MR) is 159 cm³/mol. The molecule has 0 aliphatic carbocycles. The van der Waals surface area contributed by atoms with Crippen molar-refractivity contribution in [3.8, 4) is 11.1 Å². The van der Waals surface area contributed by atoms with Crippen molar-refractivity contribution in [2.75, 3.05) is 11.4 Å². The van der Waals surface area contributed by atoms with Crippen molar-refractivity contribution in [3.63, 3.8) is 0 Å². The van der Waals surface area contributed by atoms with Crippen LogP contribution in [-0.2, 0) is 0 Å². The quantitative estimate of drug-likeness (QED) is 0.167. The molecule has 0 unspecified atom stereocenters. The van der Waals surface area contributed by atoms with E-state index in [1.54, 1.807) is 0 Å². The summed E-state index contributed by atoms with van der Waals surface area (Å²) in [4.78, 5) is 5.24. The normalized spacial score (nSPS) is 12.5. The fourth-order valence-electron chi connectivity index (χ4n) is 5.53. The molecule has 1 aliphatic rings. The van der Waals surface area contributed by atoms with Crippen LogP contribution < -0.4 is 4.90 Å². The number of benzene rings is 5. The van der Waals surface area contributed by atoms with Crippen LogP contribution in [0.5, 0.6) is 0 Å². The van der Waals surface area contributed by atoms with Gasteiger partial charge in [0.15, 0.2) is 0 Å². The van der Waals surface area contributed by atoms with Crippen molar-refractivity contribution >= 4 is 50.8 Å². The number of rotatable bonds is 7. The molecule has 5 aromatic carbocycles. The number of para-hydroxylation sites is 2. The molecule has 178 valence electrons. The third-order valence-electron chi connectivity index (χ3n) is 7.30. The van der Waals surface area contributed by atoms with Gasteiger partial charge in [-0.3, -0.25) is 0 Å². The molecule has 1 aliphatic heterocycles. The van der Waals surface area contributed by atoms with E-state index < -0.39 is 0 Å². The van der Waals surface area contributed by atoms with E-state index in [2.05, 4.69) is 109 Å². The predicted octanol–water partition coefficient (Wildman–Crippen LogP) is 10.5. The van der Waals surface area contributed by atoms with Crippen LogP contribution in [0.1, 0.15) is 38.2 Å². The van der Waals surface area contributed by atoms with Gasteiger partial charge < -0.3 is 4.90 Å². The van der Waals surface area contributed by atoms with E-state index in [0.717, 1.165) is 6.54 Å². The molecular formula is C34H31NS. The number of hydrogen-bond acceptors (Lipinski definition) is 2. The highest BCUT2D eigenvalue weighted by molar-refractivity contribution is 7.99. The van der Waals surface area contributed by atoms with Crippen LogP contribution in [0.4, 0.5) is 11.4 Å². The first kappa shape index (κ1) is 22.9. The smallest absolute Gasteiger partial charge is 0.0632 e. The van der Waals surface area contributed by atoms with Crippen molar-refractivity contribution in [2.45, 2.75) is 42.4 Å². The van der Waals surface area contributed by atoms with Gasteiger partial charge in [0.05, 0.1) is 11.4 Å². The van der Waals surface area contributed by atoms with Gasteiger partial charge in [-0.1, -0.05) is 111 Å². The Balaban J connectivity index is 1.54. The number of nitrogens with zero attached hydrogens (tertiary/aromatic N) is 1. The average molecular weight is 486 g/mol. The molecule has 0 amide bonds. The Morgan fingerprint density at radius 2 is 1.50 bits per heavy atom. The standard InChI is InChI=1S/C34H31NS/c1-3-5-6-11-21-35-31-16-9-10-17-32(31)36-33-18-12-15-29(34(33)35)28-20-19-26-22-24-13-7-8-14-25(24)23-30(26)27(28)4-2/h4,7-10,12-20,22-23H,2-3,5-6,11,21H2,1H3. The molecule has 1 heterocycles. The number of fused-ring (bicyclic) bond motifs is 4. The SMILES string of the molecule is C=Cc1c(-c2cccc3c2N(CCCCCC)c2ccccc2S3)ccc2cc3ccccc3cc12. The van der Waals surface area contributed by atoms with E-state index in [9.17, 15) is 0 Å². The van der Waals surface area contributed by atoms with E-state index in [0.29, 0.717) is 0 Å². The highest BCUT2D eigenvalue weighted by Crippen LogP contribution is 2.52. The van der Waals surface area contributed by atoms with Crippen molar-refractivity contribution in [1.29, 1.82) is 0 Å². The van der Waals surface area contributed by atoms with Gasteiger partial charge in [-0.2, -0.15) is 0 Å². The largest absolute Gasteiger partial charge is 0.339 e. The molecule has 0 aromatic heterocycles. The summed E-state index contributed by atoms with van der Waals surface area (Å²) < 4.78 is 0. The minimum Gasteiger partial charge on any atom is -0.339 e. The zero-order valence-electron chi connectivity index (χ0n) is 20.8. The van der Waals surface area contributed by atoms with E-state index in [1.165, 1.54) is 85.1 Å². The summed E-state index contributed by atoms with van der Waals surface area (Å²) >= 11 is 1.89. The van der Waals surface area contributed by atoms with Crippen LogP contribution in [-0.4, -0.2) is 6.54 Å². The molecule has 0 fully saturated rings. The molecule has 0 radical (unpaired) electrons. The first-order valence-electron chi connectivity index (χ1n) is 13.0. The Bertz CT molecular complexity index is 1580. The lowest BCUT2D eigenvalue weighted by Gasteiger charge is -2.35. The molecule has 0 spiro atoms. The Kier molecular flexibility index (Phi) is 6.29. The van der Waals surface area contributed by atoms with Crippen LogP contribution in [0.2, 0.25) is 0 Å². The van der Waals surface area contributed by atoms with Gasteiger partial charge in [-0.05, 0) is 69.4 Å². The Hall–Kier alpha value is -3.49.